The van der Waals surface area contributed by atoms with E-state index in [1.54, 1.807) is 0 Å². The van der Waals surface area contributed by atoms with Gasteiger partial charge in [-0.2, -0.15) is 0 Å². The molecule has 0 atom stereocenters. The standard InChI is InChI=1S/C19H22OS/c1-5-9-14-13-18(19(20)21)17(12-8-4)16(11-7-3)15(14)10-6-2/h5-8,13H,1-4,9-12H2,(H,20,21). The number of allylic oxidation sites excluding steroid dienone is 4. The van der Waals surface area contributed by atoms with Gasteiger partial charge in [0.05, 0.1) is 0 Å². The van der Waals surface area contributed by atoms with E-state index in [4.69, 9.17) is 0 Å². The molecule has 1 rings (SSSR count). The SMILES string of the molecule is C=CCc1cc(C(=O)S)c(CC=C)c(CC=C)c1CC=C. The summed E-state index contributed by atoms with van der Waals surface area (Å²) in [6.07, 6.45) is 10.2. The highest BCUT2D eigenvalue weighted by Gasteiger charge is 2.17. The first-order valence-electron chi connectivity index (χ1n) is 6.94. The van der Waals surface area contributed by atoms with Gasteiger partial charge in [-0.1, -0.05) is 24.3 Å². The van der Waals surface area contributed by atoms with Crippen LogP contribution in [0.4, 0.5) is 0 Å². The number of rotatable bonds is 9. The molecule has 0 aliphatic heterocycles. The molecule has 0 N–H and O–H groups in total. The minimum absolute atomic E-state index is 0.215. The highest BCUT2D eigenvalue weighted by Crippen LogP contribution is 2.28. The molecule has 0 fully saturated rings. The number of hydrogen-bond acceptors (Lipinski definition) is 1. The summed E-state index contributed by atoms with van der Waals surface area (Å²) >= 11 is 4.02. The normalized spacial score (nSPS) is 9.95. The van der Waals surface area contributed by atoms with Crippen molar-refractivity contribution in [1.29, 1.82) is 0 Å². The fraction of sp³-hybridized carbons (Fsp3) is 0.211. The zero-order valence-electron chi connectivity index (χ0n) is 12.4. The Morgan fingerprint density at radius 1 is 0.857 bits per heavy atom. The number of hydrogen-bond donors (Lipinski definition) is 1. The maximum absolute atomic E-state index is 11.9. The van der Waals surface area contributed by atoms with Crippen LogP contribution >= 0.6 is 12.6 Å². The van der Waals surface area contributed by atoms with Crippen molar-refractivity contribution in [3.63, 3.8) is 0 Å². The largest absolute Gasteiger partial charge is 0.282 e. The van der Waals surface area contributed by atoms with Crippen molar-refractivity contribution in [3.8, 4) is 0 Å². The Balaban J connectivity index is 3.71. The van der Waals surface area contributed by atoms with E-state index in [0.29, 0.717) is 18.4 Å². The lowest BCUT2D eigenvalue weighted by Gasteiger charge is -2.19. The Hall–Kier alpha value is -1.80. The molecule has 0 aromatic heterocycles. The van der Waals surface area contributed by atoms with Crippen LogP contribution in [-0.2, 0) is 25.7 Å². The minimum Gasteiger partial charge on any atom is -0.282 e. The Labute approximate surface area is 133 Å². The summed E-state index contributed by atoms with van der Waals surface area (Å²) in [6.45, 7) is 15.3. The molecule has 1 aromatic carbocycles. The second-order valence-electron chi connectivity index (χ2n) is 4.80. The van der Waals surface area contributed by atoms with E-state index in [9.17, 15) is 4.79 Å². The maximum atomic E-state index is 11.9. The van der Waals surface area contributed by atoms with Crippen LogP contribution in [0.15, 0.2) is 56.7 Å². The number of carbonyl (C=O) groups excluding carboxylic acids is 1. The quantitative estimate of drug-likeness (QED) is 0.518. The zero-order valence-corrected chi connectivity index (χ0v) is 13.3. The van der Waals surface area contributed by atoms with Crippen LogP contribution in [0.5, 0.6) is 0 Å². The number of thiol groups is 1. The molecule has 0 aliphatic rings. The number of benzene rings is 1. The maximum Gasteiger partial charge on any atom is 0.216 e. The van der Waals surface area contributed by atoms with Crippen LogP contribution in [0, 0.1) is 0 Å². The summed E-state index contributed by atoms with van der Waals surface area (Å²) in [5, 5.41) is -0.215. The van der Waals surface area contributed by atoms with Gasteiger partial charge in [0.1, 0.15) is 0 Å². The summed E-state index contributed by atoms with van der Waals surface area (Å²) in [6, 6.07) is 1.93. The molecule has 0 saturated heterocycles. The van der Waals surface area contributed by atoms with E-state index in [1.807, 2.05) is 30.4 Å². The second-order valence-corrected chi connectivity index (χ2v) is 5.20. The van der Waals surface area contributed by atoms with Crippen LogP contribution < -0.4 is 0 Å². The van der Waals surface area contributed by atoms with Gasteiger partial charge >= 0.3 is 0 Å². The summed E-state index contributed by atoms with van der Waals surface area (Å²) in [7, 11) is 0. The van der Waals surface area contributed by atoms with Gasteiger partial charge in [0.2, 0.25) is 5.12 Å². The molecule has 0 saturated carbocycles. The molecule has 0 spiro atoms. The van der Waals surface area contributed by atoms with Crippen LogP contribution in [0.25, 0.3) is 0 Å². The van der Waals surface area contributed by atoms with Gasteiger partial charge in [-0.15, -0.1) is 38.9 Å². The van der Waals surface area contributed by atoms with Crippen molar-refractivity contribution in [2.75, 3.05) is 0 Å². The Morgan fingerprint density at radius 3 is 1.81 bits per heavy atom. The zero-order chi connectivity index (χ0) is 15.8. The molecule has 1 aromatic rings. The van der Waals surface area contributed by atoms with Crippen molar-refractivity contribution in [1.82, 2.24) is 0 Å². The summed E-state index contributed by atoms with van der Waals surface area (Å²) in [4.78, 5) is 11.9. The third-order valence-corrected chi connectivity index (χ3v) is 3.64. The first-order valence-corrected chi connectivity index (χ1v) is 7.38. The molecule has 2 heteroatoms. The predicted octanol–water partition coefficient (Wildman–Crippen LogP) is 4.67. The summed E-state index contributed by atoms with van der Waals surface area (Å²) in [5.41, 5.74) is 5.10. The molecule has 0 unspecified atom stereocenters. The Bertz CT molecular complexity index is 582. The van der Waals surface area contributed by atoms with E-state index in [-0.39, 0.29) is 5.12 Å². The van der Waals surface area contributed by atoms with Crippen LogP contribution in [0.2, 0.25) is 0 Å². The Morgan fingerprint density at radius 2 is 1.33 bits per heavy atom. The lowest BCUT2D eigenvalue weighted by molar-refractivity contribution is 0.109. The fourth-order valence-electron chi connectivity index (χ4n) is 2.58. The number of carbonyl (C=O) groups is 1. The molecule has 0 amide bonds. The van der Waals surface area contributed by atoms with Crippen molar-refractivity contribution in [2.45, 2.75) is 25.7 Å². The second kappa shape index (κ2) is 8.48. The first kappa shape index (κ1) is 17.3. The highest BCUT2D eigenvalue weighted by molar-refractivity contribution is 7.97. The molecule has 0 radical (unpaired) electrons. The van der Waals surface area contributed by atoms with Crippen molar-refractivity contribution in [2.24, 2.45) is 0 Å². The minimum atomic E-state index is -0.215. The van der Waals surface area contributed by atoms with E-state index < -0.39 is 0 Å². The third-order valence-electron chi connectivity index (χ3n) is 3.40. The van der Waals surface area contributed by atoms with E-state index in [0.717, 1.165) is 29.5 Å². The van der Waals surface area contributed by atoms with Gasteiger partial charge in [0.15, 0.2) is 0 Å². The van der Waals surface area contributed by atoms with Gasteiger partial charge < -0.3 is 0 Å². The third kappa shape index (κ3) is 4.08. The average molecular weight is 298 g/mol. The van der Waals surface area contributed by atoms with Crippen LogP contribution in [0.3, 0.4) is 0 Å². The summed E-state index contributed by atoms with van der Waals surface area (Å²) < 4.78 is 0. The molecule has 21 heavy (non-hydrogen) atoms. The topological polar surface area (TPSA) is 17.1 Å². The van der Waals surface area contributed by atoms with Gasteiger partial charge in [-0.3, -0.25) is 4.79 Å². The van der Waals surface area contributed by atoms with Gasteiger partial charge in [0.25, 0.3) is 0 Å². The Kier molecular flexibility index (Phi) is 6.97. The fourth-order valence-corrected chi connectivity index (χ4v) is 2.78. The summed E-state index contributed by atoms with van der Waals surface area (Å²) in [5.74, 6) is 0. The highest BCUT2D eigenvalue weighted by atomic mass is 32.1. The first-order chi connectivity index (χ1) is 10.1. The lowest BCUT2D eigenvalue weighted by Crippen LogP contribution is -2.09. The lowest BCUT2D eigenvalue weighted by atomic mass is 9.86. The molecule has 110 valence electrons. The molecule has 1 nitrogen and oxygen atoms in total. The van der Waals surface area contributed by atoms with E-state index in [1.165, 1.54) is 5.56 Å². The molecular formula is C19H22OS. The molecule has 0 aliphatic carbocycles. The van der Waals surface area contributed by atoms with Crippen LogP contribution in [-0.4, -0.2) is 5.12 Å². The van der Waals surface area contributed by atoms with Gasteiger partial charge in [-0.05, 0) is 54.0 Å². The van der Waals surface area contributed by atoms with Crippen molar-refractivity contribution < 1.29 is 4.79 Å². The van der Waals surface area contributed by atoms with Crippen LogP contribution in [0.1, 0.15) is 32.6 Å². The predicted molar refractivity (Wildman–Crippen MR) is 95.4 cm³/mol. The monoisotopic (exact) mass is 298 g/mol. The van der Waals surface area contributed by atoms with Crippen molar-refractivity contribution >= 4 is 17.7 Å². The smallest absolute Gasteiger partial charge is 0.216 e. The molecule has 0 bridgehead atoms. The van der Waals surface area contributed by atoms with Crippen molar-refractivity contribution in [3.05, 3.63) is 84.5 Å². The van der Waals surface area contributed by atoms with Gasteiger partial charge in [-0.25, -0.2) is 0 Å². The van der Waals surface area contributed by atoms with E-state index >= 15 is 0 Å². The van der Waals surface area contributed by atoms with Gasteiger partial charge in [0, 0.05) is 5.56 Å². The molecule has 0 heterocycles. The van der Waals surface area contributed by atoms with E-state index in [2.05, 4.69) is 38.9 Å². The average Bonchev–Trinajstić information content (AvgIpc) is 2.44. The molecular weight excluding hydrogens is 276 g/mol.